The summed E-state index contributed by atoms with van der Waals surface area (Å²) in [5.74, 6) is 3.04. The van der Waals surface area contributed by atoms with Crippen LogP contribution in [0.15, 0.2) is 35.5 Å². The number of hydrogen-bond donors (Lipinski definition) is 0. The summed E-state index contributed by atoms with van der Waals surface area (Å²) in [5, 5.41) is 9.91. The molecule has 1 fully saturated rings. The summed E-state index contributed by atoms with van der Waals surface area (Å²) in [5.41, 5.74) is 1.15. The monoisotopic (exact) mass is 301 g/mol. The highest BCUT2D eigenvalue weighted by molar-refractivity contribution is 7.99. The van der Waals surface area contributed by atoms with Gasteiger partial charge in [-0.05, 0) is 25.7 Å². The molecule has 0 atom stereocenters. The van der Waals surface area contributed by atoms with Crippen LogP contribution in [0.25, 0.3) is 11.4 Å². The average Bonchev–Trinajstić information content (AvgIpc) is 2.97. The van der Waals surface area contributed by atoms with Gasteiger partial charge in [0.15, 0.2) is 11.0 Å². The highest BCUT2D eigenvalue weighted by Gasteiger charge is 2.17. The lowest BCUT2D eigenvalue weighted by Gasteiger charge is -2.20. The molecule has 4 heteroatoms. The Morgan fingerprint density at radius 1 is 1.10 bits per heavy atom. The Hall–Kier alpha value is -1.29. The quantitative estimate of drug-likeness (QED) is 0.754. The Balaban J connectivity index is 1.72. The fourth-order valence-corrected chi connectivity index (χ4v) is 4.22. The van der Waals surface area contributed by atoms with E-state index in [2.05, 4.69) is 46.0 Å². The Morgan fingerprint density at radius 2 is 1.86 bits per heavy atom. The summed E-state index contributed by atoms with van der Waals surface area (Å²) in [4.78, 5) is 0. The first-order chi connectivity index (χ1) is 10.4. The molecule has 112 valence electrons. The maximum Gasteiger partial charge on any atom is 0.191 e. The van der Waals surface area contributed by atoms with Gasteiger partial charge in [-0.2, -0.15) is 0 Å². The van der Waals surface area contributed by atoms with E-state index >= 15 is 0 Å². The van der Waals surface area contributed by atoms with Gasteiger partial charge in [-0.3, -0.25) is 0 Å². The van der Waals surface area contributed by atoms with Crippen LogP contribution in [0.5, 0.6) is 0 Å². The van der Waals surface area contributed by atoms with E-state index in [0.29, 0.717) is 0 Å². The first kappa shape index (κ1) is 14.6. The van der Waals surface area contributed by atoms with Crippen molar-refractivity contribution in [1.82, 2.24) is 14.8 Å². The average molecular weight is 301 g/mol. The van der Waals surface area contributed by atoms with Crippen molar-refractivity contribution in [1.29, 1.82) is 0 Å². The normalized spacial score (nSPS) is 16.2. The Bertz CT molecular complexity index is 559. The van der Waals surface area contributed by atoms with Crippen LogP contribution in [0.3, 0.4) is 0 Å². The lowest BCUT2D eigenvalue weighted by atomic mass is 9.91. The lowest BCUT2D eigenvalue weighted by molar-refractivity contribution is 0.390. The van der Waals surface area contributed by atoms with Gasteiger partial charge >= 0.3 is 0 Å². The zero-order chi connectivity index (χ0) is 14.5. The molecule has 0 aliphatic heterocycles. The van der Waals surface area contributed by atoms with E-state index in [1.165, 1.54) is 37.9 Å². The highest BCUT2D eigenvalue weighted by atomic mass is 32.2. The molecule has 0 N–H and O–H groups in total. The molecule has 21 heavy (non-hydrogen) atoms. The third kappa shape index (κ3) is 3.49. The van der Waals surface area contributed by atoms with Gasteiger partial charge < -0.3 is 4.57 Å². The van der Waals surface area contributed by atoms with Crippen molar-refractivity contribution in [2.75, 3.05) is 5.75 Å². The fourth-order valence-electron chi connectivity index (χ4n) is 3.03. The maximum atomic E-state index is 4.42. The first-order valence-corrected chi connectivity index (χ1v) is 8.98. The Labute approximate surface area is 131 Å². The molecule has 1 aliphatic carbocycles. The molecule has 1 heterocycles. The van der Waals surface area contributed by atoms with Crippen molar-refractivity contribution in [2.24, 2.45) is 5.92 Å². The van der Waals surface area contributed by atoms with E-state index < -0.39 is 0 Å². The second kappa shape index (κ2) is 7.12. The van der Waals surface area contributed by atoms with Crippen LogP contribution >= 0.6 is 11.8 Å². The van der Waals surface area contributed by atoms with E-state index in [0.717, 1.165) is 29.0 Å². The third-order valence-electron chi connectivity index (χ3n) is 4.24. The lowest BCUT2D eigenvalue weighted by Crippen LogP contribution is -2.09. The van der Waals surface area contributed by atoms with Crippen LogP contribution in [0, 0.1) is 5.92 Å². The zero-order valence-corrected chi connectivity index (χ0v) is 13.5. The molecule has 0 bridgehead atoms. The van der Waals surface area contributed by atoms with E-state index in [-0.39, 0.29) is 0 Å². The molecule has 1 saturated carbocycles. The van der Waals surface area contributed by atoms with Gasteiger partial charge in [0.1, 0.15) is 0 Å². The molecular formula is C17H23N3S. The minimum Gasteiger partial charge on any atom is -0.302 e. The van der Waals surface area contributed by atoms with Crippen LogP contribution in [0.1, 0.15) is 39.0 Å². The van der Waals surface area contributed by atoms with Gasteiger partial charge in [-0.15, -0.1) is 10.2 Å². The molecule has 3 nitrogen and oxygen atoms in total. The van der Waals surface area contributed by atoms with Gasteiger partial charge in [0.25, 0.3) is 0 Å². The molecule has 1 aliphatic rings. The highest BCUT2D eigenvalue weighted by Crippen LogP contribution is 2.30. The molecule has 1 aromatic carbocycles. The first-order valence-electron chi connectivity index (χ1n) is 8.00. The maximum absolute atomic E-state index is 4.42. The fraction of sp³-hybridized carbons (Fsp3) is 0.529. The molecule has 1 aromatic heterocycles. The van der Waals surface area contributed by atoms with Crippen molar-refractivity contribution in [3.05, 3.63) is 30.3 Å². The van der Waals surface area contributed by atoms with Crippen molar-refractivity contribution in [3.63, 3.8) is 0 Å². The van der Waals surface area contributed by atoms with Crippen LogP contribution < -0.4 is 0 Å². The molecular weight excluding hydrogens is 278 g/mol. The van der Waals surface area contributed by atoms with Crippen molar-refractivity contribution in [3.8, 4) is 11.4 Å². The second-order valence-corrected chi connectivity index (χ2v) is 6.72. The molecule has 2 aromatic rings. The number of rotatable bonds is 5. The number of benzene rings is 1. The predicted octanol–water partition coefficient (Wildman–Crippen LogP) is 4.64. The smallest absolute Gasteiger partial charge is 0.191 e. The summed E-state index contributed by atoms with van der Waals surface area (Å²) in [6, 6.07) is 10.4. The second-order valence-electron chi connectivity index (χ2n) is 5.73. The molecule has 0 amide bonds. The van der Waals surface area contributed by atoms with Crippen molar-refractivity contribution in [2.45, 2.75) is 50.7 Å². The summed E-state index contributed by atoms with van der Waals surface area (Å²) >= 11 is 1.88. The van der Waals surface area contributed by atoms with Gasteiger partial charge in [-0.25, -0.2) is 0 Å². The number of thioether (sulfide) groups is 1. The summed E-state index contributed by atoms with van der Waals surface area (Å²) in [6.07, 6.45) is 7.00. The van der Waals surface area contributed by atoms with Gasteiger partial charge in [0, 0.05) is 17.9 Å². The third-order valence-corrected chi connectivity index (χ3v) is 5.44. The molecule has 0 spiro atoms. The summed E-state index contributed by atoms with van der Waals surface area (Å²) in [7, 11) is 0. The van der Waals surface area contributed by atoms with E-state index in [1.807, 2.05) is 17.8 Å². The van der Waals surface area contributed by atoms with Gasteiger partial charge in [-0.1, -0.05) is 61.4 Å². The predicted molar refractivity (Wildman–Crippen MR) is 88.4 cm³/mol. The van der Waals surface area contributed by atoms with Gasteiger partial charge in [0.2, 0.25) is 0 Å². The van der Waals surface area contributed by atoms with Crippen molar-refractivity contribution < 1.29 is 0 Å². The molecule has 0 radical (unpaired) electrons. The Morgan fingerprint density at radius 3 is 2.57 bits per heavy atom. The molecule has 3 rings (SSSR count). The summed E-state index contributed by atoms with van der Waals surface area (Å²) in [6.45, 7) is 3.09. The van der Waals surface area contributed by atoms with Crippen LogP contribution in [-0.4, -0.2) is 20.5 Å². The summed E-state index contributed by atoms with van der Waals surface area (Å²) < 4.78 is 2.24. The topological polar surface area (TPSA) is 30.7 Å². The SMILES string of the molecule is CCn1c(SCC2CCCCC2)nnc1-c1ccccc1. The molecule has 0 unspecified atom stereocenters. The van der Waals surface area contributed by atoms with E-state index in [4.69, 9.17) is 0 Å². The van der Waals surface area contributed by atoms with Gasteiger partial charge in [0.05, 0.1) is 0 Å². The van der Waals surface area contributed by atoms with Crippen LogP contribution in [0.2, 0.25) is 0 Å². The Kier molecular flexibility index (Phi) is 4.96. The zero-order valence-electron chi connectivity index (χ0n) is 12.7. The molecule has 0 saturated heterocycles. The standard InChI is InChI=1S/C17H23N3S/c1-2-20-16(15-11-7-4-8-12-15)18-19-17(20)21-13-14-9-5-3-6-10-14/h4,7-8,11-12,14H,2-3,5-6,9-10,13H2,1H3. The van der Waals surface area contributed by atoms with Crippen LogP contribution in [0.4, 0.5) is 0 Å². The number of aromatic nitrogens is 3. The minimum absolute atomic E-state index is 0.867. The number of hydrogen-bond acceptors (Lipinski definition) is 3. The number of nitrogens with zero attached hydrogens (tertiary/aromatic N) is 3. The largest absolute Gasteiger partial charge is 0.302 e. The van der Waals surface area contributed by atoms with E-state index in [9.17, 15) is 0 Å². The van der Waals surface area contributed by atoms with Crippen molar-refractivity contribution >= 4 is 11.8 Å². The van der Waals surface area contributed by atoms with Crippen LogP contribution in [-0.2, 0) is 6.54 Å². The van der Waals surface area contributed by atoms with E-state index in [1.54, 1.807) is 0 Å². The minimum atomic E-state index is 0.867.